The number of rotatable bonds is 6. The molecule has 1 aliphatic heterocycles. The Balaban J connectivity index is 1.80. The molecule has 1 fully saturated rings. The quantitative estimate of drug-likeness (QED) is 0.806. The molecule has 1 atom stereocenters. The zero-order chi connectivity index (χ0) is 16.9. The maximum Gasteiger partial charge on any atom is 0.233 e. The highest BCUT2D eigenvalue weighted by atomic mass is 32.2. The summed E-state index contributed by atoms with van der Waals surface area (Å²) < 4.78 is 10.7. The lowest BCUT2D eigenvalue weighted by molar-refractivity contribution is -0.128. The number of nitrogens with zero attached hydrogens (tertiary/aromatic N) is 2. The van der Waals surface area contributed by atoms with Crippen LogP contribution in [0.5, 0.6) is 11.5 Å². The van der Waals surface area contributed by atoms with Crippen LogP contribution >= 0.6 is 11.8 Å². The third kappa shape index (κ3) is 3.64. The zero-order valence-corrected chi connectivity index (χ0v) is 14.6. The minimum atomic E-state index is -0.0108. The number of methoxy groups -OCH3 is 2. The number of amides is 1. The Labute approximate surface area is 146 Å². The van der Waals surface area contributed by atoms with E-state index in [0.29, 0.717) is 12.3 Å². The van der Waals surface area contributed by atoms with Gasteiger partial charge in [0, 0.05) is 25.0 Å². The Kier molecular flexibility index (Phi) is 5.25. The molecule has 1 aromatic heterocycles. The molecule has 126 valence electrons. The highest BCUT2D eigenvalue weighted by molar-refractivity contribution is 8.00. The molecule has 1 unspecified atom stereocenters. The summed E-state index contributed by atoms with van der Waals surface area (Å²) in [7, 11) is 3.26. The number of thioether (sulfide) groups is 1. The van der Waals surface area contributed by atoms with Crippen molar-refractivity contribution in [2.45, 2.75) is 11.8 Å². The lowest BCUT2D eigenvalue weighted by Crippen LogP contribution is -2.30. The van der Waals surface area contributed by atoms with Gasteiger partial charge in [0.05, 0.1) is 20.0 Å². The van der Waals surface area contributed by atoms with E-state index in [0.717, 1.165) is 23.5 Å². The summed E-state index contributed by atoms with van der Waals surface area (Å²) in [6, 6.07) is 9.75. The summed E-state index contributed by atoms with van der Waals surface area (Å²) in [4.78, 5) is 18.3. The third-order valence-corrected chi connectivity index (χ3v) is 5.27. The van der Waals surface area contributed by atoms with E-state index in [4.69, 9.17) is 9.47 Å². The second-order valence-corrected chi connectivity index (χ2v) is 6.57. The molecular weight excluding hydrogens is 324 g/mol. The van der Waals surface area contributed by atoms with Gasteiger partial charge < -0.3 is 14.4 Å². The van der Waals surface area contributed by atoms with Crippen molar-refractivity contribution in [2.24, 2.45) is 0 Å². The Hall–Kier alpha value is -2.21. The van der Waals surface area contributed by atoms with Gasteiger partial charge in [-0.1, -0.05) is 0 Å². The van der Waals surface area contributed by atoms with Gasteiger partial charge in [-0.2, -0.15) is 0 Å². The van der Waals surface area contributed by atoms with Gasteiger partial charge in [-0.05, 0) is 41.8 Å². The highest BCUT2D eigenvalue weighted by Crippen LogP contribution is 2.41. The number of pyridine rings is 1. The van der Waals surface area contributed by atoms with Gasteiger partial charge in [-0.3, -0.25) is 9.78 Å². The van der Waals surface area contributed by atoms with Gasteiger partial charge in [-0.25, -0.2) is 0 Å². The fourth-order valence-electron chi connectivity index (χ4n) is 2.74. The number of ether oxygens (including phenoxy) is 2. The molecule has 2 aromatic rings. The van der Waals surface area contributed by atoms with Crippen molar-refractivity contribution >= 4 is 17.7 Å². The first kappa shape index (κ1) is 16.6. The monoisotopic (exact) mass is 344 g/mol. The first-order valence-corrected chi connectivity index (χ1v) is 8.79. The van der Waals surface area contributed by atoms with Gasteiger partial charge in [0.15, 0.2) is 0 Å². The van der Waals surface area contributed by atoms with Crippen LogP contribution in [0, 0.1) is 0 Å². The van der Waals surface area contributed by atoms with E-state index in [1.807, 2.05) is 35.2 Å². The molecule has 0 radical (unpaired) electrons. The standard InChI is InChI=1S/C18H20N2O3S/c1-22-15-9-14(10-16(11-15)23-2)18-20(17(21)12-24-18)8-5-13-3-6-19-7-4-13/h3-4,6-7,9-11,18H,5,8,12H2,1-2H3. The minimum Gasteiger partial charge on any atom is -0.497 e. The average Bonchev–Trinajstić information content (AvgIpc) is 3.01. The van der Waals surface area contributed by atoms with Crippen LogP contribution in [0.25, 0.3) is 0 Å². The molecule has 0 N–H and O–H groups in total. The molecule has 0 bridgehead atoms. The number of benzene rings is 1. The Morgan fingerprint density at radius 2 is 1.83 bits per heavy atom. The van der Waals surface area contributed by atoms with Gasteiger partial charge in [0.25, 0.3) is 0 Å². The molecule has 1 aliphatic rings. The van der Waals surface area contributed by atoms with Crippen LogP contribution in [0.15, 0.2) is 42.7 Å². The largest absolute Gasteiger partial charge is 0.497 e. The van der Waals surface area contributed by atoms with Crippen LogP contribution in [-0.2, 0) is 11.2 Å². The van der Waals surface area contributed by atoms with Crippen LogP contribution in [0.3, 0.4) is 0 Å². The highest BCUT2D eigenvalue weighted by Gasteiger charge is 2.33. The van der Waals surface area contributed by atoms with Gasteiger partial charge in [-0.15, -0.1) is 11.8 Å². The first-order valence-electron chi connectivity index (χ1n) is 7.74. The van der Waals surface area contributed by atoms with E-state index in [2.05, 4.69) is 4.98 Å². The van der Waals surface area contributed by atoms with Gasteiger partial charge >= 0.3 is 0 Å². The van der Waals surface area contributed by atoms with E-state index < -0.39 is 0 Å². The SMILES string of the molecule is COc1cc(OC)cc(C2SCC(=O)N2CCc2ccncc2)c1. The molecule has 1 saturated heterocycles. The van der Waals surface area contributed by atoms with Gasteiger partial charge in [0.1, 0.15) is 16.9 Å². The average molecular weight is 344 g/mol. The maximum absolute atomic E-state index is 12.3. The molecule has 2 heterocycles. The first-order chi connectivity index (χ1) is 11.7. The predicted octanol–water partition coefficient (Wildman–Crippen LogP) is 2.92. The van der Waals surface area contributed by atoms with E-state index in [-0.39, 0.29) is 11.3 Å². The molecule has 0 saturated carbocycles. The van der Waals surface area contributed by atoms with Gasteiger partial charge in [0.2, 0.25) is 5.91 Å². The molecule has 0 spiro atoms. The summed E-state index contributed by atoms with van der Waals surface area (Å²) in [5.41, 5.74) is 2.20. The fraction of sp³-hybridized carbons (Fsp3) is 0.333. The predicted molar refractivity (Wildman–Crippen MR) is 94.4 cm³/mol. The molecule has 3 rings (SSSR count). The minimum absolute atomic E-state index is 0.0108. The Bertz CT molecular complexity index is 686. The van der Waals surface area contributed by atoms with Crippen LogP contribution in [0.2, 0.25) is 0 Å². The van der Waals surface area contributed by atoms with Crippen molar-refractivity contribution in [2.75, 3.05) is 26.5 Å². The molecule has 24 heavy (non-hydrogen) atoms. The summed E-state index contributed by atoms with van der Waals surface area (Å²) in [5.74, 6) is 2.14. The van der Waals surface area contributed by atoms with E-state index in [1.165, 1.54) is 5.56 Å². The lowest BCUT2D eigenvalue weighted by Gasteiger charge is -2.25. The molecule has 1 amide bonds. The van der Waals surface area contributed by atoms with E-state index >= 15 is 0 Å². The van der Waals surface area contributed by atoms with Crippen molar-refractivity contribution in [3.8, 4) is 11.5 Å². The molecule has 1 aromatic carbocycles. The van der Waals surface area contributed by atoms with E-state index in [9.17, 15) is 4.79 Å². The van der Waals surface area contributed by atoms with E-state index in [1.54, 1.807) is 38.4 Å². The number of carbonyl (C=O) groups excluding carboxylic acids is 1. The summed E-state index contributed by atoms with van der Waals surface area (Å²) in [6.45, 7) is 0.681. The second kappa shape index (κ2) is 7.57. The van der Waals surface area contributed by atoms with Crippen LogP contribution in [-0.4, -0.2) is 42.3 Å². The third-order valence-electron chi connectivity index (χ3n) is 4.02. The van der Waals surface area contributed by atoms with Crippen LogP contribution in [0.4, 0.5) is 0 Å². The van der Waals surface area contributed by atoms with Crippen molar-refractivity contribution in [1.82, 2.24) is 9.88 Å². The molecular formula is C18H20N2O3S. The van der Waals surface area contributed by atoms with Crippen LogP contribution < -0.4 is 9.47 Å². The Morgan fingerprint density at radius 1 is 1.17 bits per heavy atom. The normalized spacial score (nSPS) is 17.2. The van der Waals surface area contributed by atoms with Crippen LogP contribution in [0.1, 0.15) is 16.5 Å². The van der Waals surface area contributed by atoms with Crippen molar-refractivity contribution < 1.29 is 14.3 Å². The summed E-state index contributed by atoms with van der Waals surface area (Å²) in [6.07, 6.45) is 4.37. The second-order valence-electron chi connectivity index (χ2n) is 5.50. The molecule has 0 aliphatic carbocycles. The maximum atomic E-state index is 12.3. The lowest BCUT2D eigenvalue weighted by atomic mass is 10.1. The number of carbonyl (C=O) groups is 1. The summed E-state index contributed by atoms with van der Waals surface area (Å²) >= 11 is 1.64. The summed E-state index contributed by atoms with van der Waals surface area (Å²) in [5, 5.41) is -0.0108. The number of aromatic nitrogens is 1. The zero-order valence-electron chi connectivity index (χ0n) is 13.8. The molecule has 5 nitrogen and oxygen atoms in total. The number of hydrogen-bond donors (Lipinski definition) is 0. The van der Waals surface area contributed by atoms with Crippen molar-refractivity contribution in [3.05, 3.63) is 53.9 Å². The fourth-order valence-corrected chi connectivity index (χ4v) is 3.94. The number of hydrogen-bond acceptors (Lipinski definition) is 5. The molecule has 6 heteroatoms. The Morgan fingerprint density at radius 3 is 2.46 bits per heavy atom. The smallest absolute Gasteiger partial charge is 0.233 e. The van der Waals surface area contributed by atoms with Crippen molar-refractivity contribution in [3.63, 3.8) is 0 Å². The topological polar surface area (TPSA) is 51.7 Å². The van der Waals surface area contributed by atoms with Crippen molar-refractivity contribution in [1.29, 1.82) is 0 Å².